The van der Waals surface area contributed by atoms with Crippen molar-refractivity contribution in [1.82, 2.24) is 15.5 Å². The molecule has 0 unspecified atom stereocenters. The van der Waals surface area contributed by atoms with Crippen molar-refractivity contribution in [2.45, 2.75) is 6.92 Å². The fourth-order valence-corrected chi connectivity index (χ4v) is 2.33. The van der Waals surface area contributed by atoms with E-state index in [1.807, 2.05) is 6.92 Å². The molecule has 0 fully saturated rings. The number of benzene rings is 1. The number of nitrogens with zero attached hydrogens (tertiary/aromatic N) is 2. The molecule has 0 radical (unpaired) electrons. The van der Waals surface area contributed by atoms with Gasteiger partial charge in [-0.25, -0.2) is 0 Å². The molecule has 0 spiro atoms. The number of hydrogen-bond acceptors (Lipinski definition) is 4. The highest BCUT2D eigenvalue weighted by Crippen LogP contribution is 2.21. The van der Waals surface area contributed by atoms with Crippen molar-refractivity contribution in [3.63, 3.8) is 0 Å². The van der Waals surface area contributed by atoms with Gasteiger partial charge in [0, 0.05) is 33.3 Å². The Hall–Kier alpha value is -2.41. The molecule has 23 heavy (non-hydrogen) atoms. The Balaban J connectivity index is 1.80. The van der Waals surface area contributed by atoms with Crippen LogP contribution in [0, 0.1) is 0 Å². The van der Waals surface area contributed by atoms with Gasteiger partial charge in [-0.1, -0.05) is 12.1 Å². The van der Waals surface area contributed by atoms with E-state index < -0.39 is 0 Å². The molecule has 0 aromatic heterocycles. The molecule has 1 aromatic rings. The Morgan fingerprint density at radius 1 is 1.13 bits per heavy atom. The topological polar surface area (TPSA) is 83.0 Å². The molecule has 1 aliphatic rings. The van der Waals surface area contributed by atoms with E-state index in [9.17, 15) is 9.59 Å². The summed E-state index contributed by atoms with van der Waals surface area (Å²) in [6.45, 7) is 4.57. The average Bonchev–Trinajstić information content (AvgIpc) is 2.82. The Bertz CT molecular complexity index is 566. The smallest absolute Gasteiger partial charge is 0.261 e. The third-order valence-electron chi connectivity index (χ3n) is 3.47. The van der Waals surface area contributed by atoms with E-state index in [-0.39, 0.29) is 11.8 Å². The van der Waals surface area contributed by atoms with Crippen LogP contribution in [0.4, 0.5) is 0 Å². The average molecular weight is 318 g/mol. The predicted molar refractivity (Wildman–Crippen MR) is 87.7 cm³/mol. The number of guanidine groups is 1. The van der Waals surface area contributed by atoms with Crippen LogP contribution in [-0.4, -0.2) is 62.6 Å². The van der Waals surface area contributed by atoms with Gasteiger partial charge in [0.2, 0.25) is 0 Å². The highest BCUT2D eigenvalue weighted by molar-refractivity contribution is 6.21. The minimum Gasteiger partial charge on any atom is -0.380 e. The fraction of sp³-hybridized carbons (Fsp3) is 0.438. The Kier molecular flexibility index (Phi) is 6.10. The van der Waals surface area contributed by atoms with Crippen LogP contribution in [0.25, 0.3) is 0 Å². The molecule has 0 aliphatic carbocycles. The highest BCUT2D eigenvalue weighted by atomic mass is 16.5. The zero-order valence-electron chi connectivity index (χ0n) is 13.5. The zero-order valence-corrected chi connectivity index (χ0v) is 13.5. The maximum atomic E-state index is 12.2. The normalized spacial score (nSPS) is 14.2. The molecular formula is C16H22N4O3. The van der Waals surface area contributed by atoms with Gasteiger partial charge in [-0.2, -0.15) is 0 Å². The van der Waals surface area contributed by atoms with Crippen molar-refractivity contribution in [2.24, 2.45) is 4.99 Å². The number of carbonyl (C=O) groups excluding carboxylic acids is 2. The molecule has 0 saturated carbocycles. The number of aliphatic imine (C=N–C) groups is 1. The van der Waals surface area contributed by atoms with E-state index in [2.05, 4.69) is 15.6 Å². The third-order valence-corrected chi connectivity index (χ3v) is 3.47. The first-order valence-corrected chi connectivity index (χ1v) is 7.66. The maximum Gasteiger partial charge on any atom is 0.261 e. The molecule has 0 atom stereocenters. The van der Waals surface area contributed by atoms with Crippen molar-refractivity contribution >= 4 is 17.8 Å². The van der Waals surface area contributed by atoms with Crippen molar-refractivity contribution in [1.29, 1.82) is 0 Å². The number of rotatable bonds is 7. The van der Waals surface area contributed by atoms with Gasteiger partial charge in [0.05, 0.1) is 17.7 Å². The monoisotopic (exact) mass is 318 g/mol. The number of carbonyl (C=O) groups is 2. The van der Waals surface area contributed by atoms with Crippen LogP contribution in [-0.2, 0) is 4.74 Å². The molecule has 7 nitrogen and oxygen atoms in total. The van der Waals surface area contributed by atoms with Crippen LogP contribution < -0.4 is 10.6 Å². The first-order valence-electron chi connectivity index (χ1n) is 7.66. The van der Waals surface area contributed by atoms with Crippen molar-refractivity contribution in [3.05, 3.63) is 35.4 Å². The van der Waals surface area contributed by atoms with Gasteiger partial charge in [-0.3, -0.25) is 19.5 Å². The van der Waals surface area contributed by atoms with Crippen molar-refractivity contribution in [3.8, 4) is 0 Å². The van der Waals surface area contributed by atoms with Gasteiger partial charge >= 0.3 is 0 Å². The van der Waals surface area contributed by atoms with E-state index in [0.717, 1.165) is 0 Å². The van der Waals surface area contributed by atoms with Gasteiger partial charge in [-0.05, 0) is 19.1 Å². The van der Waals surface area contributed by atoms with Crippen LogP contribution >= 0.6 is 0 Å². The second-order valence-electron chi connectivity index (χ2n) is 4.93. The Morgan fingerprint density at radius 3 is 2.30 bits per heavy atom. The van der Waals surface area contributed by atoms with E-state index in [0.29, 0.717) is 49.9 Å². The summed E-state index contributed by atoms with van der Waals surface area (Å²) < 4.78 is 5.24. The minimum atomic E-state index is -0.244. The summed E-state index contributed by atoms with van der Waals surface area (Å²) >= 11 is 0. The van der Waals surface area contributed by atoms with E-state index in [1.165, 1.54) is 4.90 Å². The number of amides is 2. The summed E-state index contributed by atoms with van der Waals surface area (Å²) in [4.78, 5) is 29.8. The van der Waals surface area contributed by atoms with Gasteiger partial charge in [0.1, 0.15) is 0 Å². The second-order valence-corrected chi connectivity index (χ2v) is 4.93. The Morgan fingerprint density at radius 2 is 1.74 bits per heavy atom. The lowest BCUT2D eigenvalue weighted by atomic mass is 10.1. The molecule has 124 valence electrons. The highest BCUT2D eigenvalue weighted by Gasteiger charge is 2.34. The van der Waals surface area contributed by atoms with Crippen LogP contribution in [0.5, 0.6) is 0 Å². The number of imide groups is 1. The largest absolute Gasteiger partial charge is 0.380 e. The van der Waals surface area contributed by atoms with Gasteiger partial charge < -0.3 is 15.4 Å². The lowest BCUT2D eigenvalue weighted by molar-refractivity contribution is 0.0657. The maximum absolute atomic E-state index is 12.2. The molecule has 2 amide bonds. The molecule has 0 saturated heterocycles. The summed E-state index contributed by atoms with van der Waals surface area (Å²) in [5.41, 5.74) is 0.938. The van der Waals surface area contributed by atoms with Crippen molar-refractivity contribution < 1.29 is 14.3 Å². The predicted octanol–water partition coefficient (Wildman–Crippen LogP) is 0.484. The summed E-state index contributed by atoms with van der Waals surface area (Å²) in [6.07, 6.45) is 0. The third kappa shape index (κ3) is 4.07. The molecule has 2 rings (SSSR count). The fourth-order valence-electron chi connectivity index (χ4n) is 2.33. The van der Waals surface area contributed by atoms with E-state index in [4.69, 9.17) is 4.74 Å². The SMILES string of the molecule is CCOCCNC(=NC)NCCN1C(=O)c2ccccc2C1=O. The number of fused-ring (bicyclic) bond motifs is 1. The standard InChI is InChI=1S/C16H22N4O3/c1-3-23-11-9-19-16(17-2)18-8-10-20-14(21)12-6-4-5-7-13(12)15(20)22/h4-7H,3,8-11H2,1-2H3,(H2,17,18,19). The van der Waals surface area contributed by atoms with Crippen LogP contribution in [0.1, 0.15) is 27.6 Å². The summed E-state index contributed by atoms with van der Waals surface area (Å²) in [5.74, 6) is 0.125. The van der Waals surface area contributed by atoms with Crippen LogP contribution in [0.15, 0.2) is 29.3 Å². The van der Waals surface area contributed by atoms with Gasteiger partial charge in [-0.15, -0.1) is 0 Å². The minimum absolute atomic E-state index is 0.244. The molecule has 0 bridgehead atoms. The van der Waals surface area contributed by atoms with E-state index >= 15 is 0 Å². The second kappa shape index (κ2) is 8.28. The van der Waals surface area contributed by atoms with Crippen molar-refractivity contribution in [2.75, 3.05) is 39.9 Å². The Labute approximate surface area is 135 Å². The molecule has 1 aliphatic heterocycles. The van der Waals surface area contributed by atoms with Gasteiger partial charge in [0.15, 0.2) is 5.96 Å². The first kappa shape index (κ1) is 17.0. The number of nitrogens with one attached hydrogen (secondary N) is 2. The lowest BCUT2D eigenvalue weighted by Gasteiger charge is -2.16. The molecule has 2 N–H and O–H groups in total. The number of hydrogen-bond donors (Lipinski definition) is 2. The van der Waals surface area contributed by atoms with Crippen LogP contribution in [0.2, 0.25) is 0 Å². The lowest BCUT2D eigenvalue weighted by Crippen LogP contribution is -2.43. The molecule has 7 heteroatoms. The number of ether oxygens (including phenoxy) is 1. The summed E-state index contributed by atoms with van der Waals surface area (Å²) in [6, 6.07) is 6.88. The molecule has 1 aromatic carbocycles. The first-order chi connectivity index (χ1) is 11.2. The molecular weight excluding hydrogens is 296 g/mol. The quantitative estimate of drug-likeness (QED) is 0.331. The van der Waals surface area contributed by atoms with Gasteiger partial charge in [0.25, 0.3) is 11.8 Å². The summed E-state index contributed by atoms with van der Waals surface area (Å²) in [7, 11) is 1.66. The summed E-state index contributed by atoms with van der Waals surface area (Å²) in [5, 5.41) is 6.17. The molecule has 1 heterocycles. The van der Waals surface area contributed by atoms with E-state index in [1.54, 1.807) is 31.3 Å². The zero-order chi connectivity index (χ0) is 16.7. The van der Waals surface area contributed by atoms with Crippen LogP contribution in [0.3, 0.4) is 0 Å².